The molecule has 1 rings (SSSR count). The molecule has 1 aliphatic rings. The van der Waals surface area contributed by atoms with E-state index in [-0.39, 0.29) is 24.7 Å². The molecule has 0 aromatic rings. The van der Waals surface area contributed by atoms with Crippen LogP contribution in [0.4, 0.5) is 0 Å². The van der Waals surface area contributed by atoms with Gasteiger partial charge in [-0.2, -0.15) is 0 Å². The van der Waals surface area contributed by atoms with E-state index in [1.165, 1.54) is 0 Å². The van der Waals surface area contributed by atoms with Gasteiger partial charge in [0.25, 0.3) is 0 Å². The molecule has 0 aromatic carbocycles. The summed E-state index contributed by atoms with van der Waals surface area (Å²) in [6, 6.07) is 0. The van der Waals surface area contributed by atoms with Crippen molar-refractivity contribution in [1.29, 1.82) is 1.34 Å². The first-order valence-corrected chi connectivity index (χ1v) is 5.25. The normalized spacial score (nSPS) is 40.4. The van der Waals surface area contributed by atoms with E-state index < -0.39 is 0 Å². The highest BCUT2D eigenvalue weighted by Crippen LogP contribution is 2.32. The van der Waals surface area contributed by atoms with Gasteiger partial charge in [0.05, 0.1) is 18.8 Å². The minimum Gasteiger partial charge on any atom is -0.396 e. The van der Waals surface area contributed by atoms with Crippen molar-refractivity contribution < 1.29 is 14.0 Å². The zero-order valence-electron chi connectivity index (χ0n) is 8.97. The van der Waals surface area contributed by atoms with Crippen LogP contribution in [0.2, 0.25) is 0 Å². The quantitative estimate of drug-likeness (QED) is 0.403. The van der Waals surface area contributed by atoms with Gasteiger partial charge >= 0.3 is 0 Å². The zero-order chi connectivity index (χ0) is 10.6. The molecule has 1 saturated heterocycles. The fourth-order valence-corrected chi connectivity index (χ4v) is 2.03. The molecule has 13 heavy (non-hydrogen) atoms. The lowest BCUT2D eigenvalue weighted by Gasteiger charge is -2.16. The Morgan fingerprint density at radius 2 is 2.46 bits per heavy atom. The fraction of sp³-hybridized carbons (Fsp3) is 1.00. The molecule has 1 aliphatic heterocycles. The van der Waals surface area contributed by atoms with Crippen LogP contribution in [0.5, 0.6) is 0 Å². The van der Waals surface area contributed by atoms with Crippen LogP contribution >= 0.6 is 11.9 Å². The molecule has 1 N–H and O–H groups in total. The Morgan fingerprint density at radius 3 is 3.00 bits per heavy atom. The van der Waals surface area contributed by atoms with Gasteiger partial charge in [-0.25, -0.2) is 0 Å². The summed E-state index contributed by atoms with van der Waals surface area (Å²) in [4.78, 5) is 0. The van der Waals surface area contributed by atoms with Crippen LogP contribution < -0.4 is 0 Å². The Kier molecular flexibility index (Phi) is 3.97. The molecule has 0 amide bonds. The summed E-state index contributed by atoms with van der Waals surface area (Å²) >= 11 is 1.01. The second kappa shape index (κ2) is 5.24. The van der Waals surface area contributed by atoms with Crippen molar-refractivity contribution in [3.63, 3.8) is 0 Å². The maximum Gasteiger partial charge on any atom is 0.209 e. The summed E-state index contributed by atoms with van der Waals surface area (Å²) in [6.07, 6.45) is 0.128. The molecule has 0 aromatic heterocycles. The third-order valence-electron chi connectivity index (χ3n) is 2.77. The van der Waals surface area contributed by atoms with Gasteiger partial charge in [0, 0.05) is 12.5 Å². The van der Waals surface area contributed by atoms with Gasteiger partial charge < -0.3 is 14.0 Å². The van der Waals surface area contributed by atoms with Crippen molar-refractivity contribution >= 4 is 19.0 Å². The van der Waals surface area contributed by atoms with Gasteiger partial charge in [-0.05, 0) is 14.2 Å². The molecule has 1 radical (unpaired) electrons. The number of aliphatic hydroxyl groups is 1. The Morgan fingerprint density at radius 1 is 1.69 bits per heavy atom. The van der Waals surface area contributed by atoms with Gasteiger partial charge in [0.15, 0.2) is 0 Å². The summed E-state index contributed by atoms with van der Waals surface area (Å²) < 4.78 is 17.6. The molecule has 4 atom stereocenters. The van der Waals surface area contributed by atoms with E-state index >= 15 is 0 Å². The minimum atomic E-state index is 0.0367. The topological polar surface area (TPSA) is 38.7 Å². The molecular formula is C8H16BO3S. The predicted molar refractivity (Wildman–Crippen MR) is 54.8 cm³/mol. The standard InChI is InChI=1S/C8H16BO3S/c1-5-7(3-10)6(2)12-8(5)4-11-13-9/h5-10H,3-4H2,1-2H3/t5-,6+,7?,8-/m1/s1/i9T. The Bertz CT molecular complexity index is 175. The first-order chi connectivity index (χ1) is 6.70. The third-order valence-corrected chi connectivity index (χ3v) is 3.04. The molecular weight excluding hydrogens is 187 g/mol. The molecule has 3 nitrogen and oxygen atoms in total. The molecule has 75 valence electrons. The van der Waals surface area contributed by atoms with E-state index in [0.29, 0.717) is 12.5 Å². The van der Waals surface area contributed by atoms with Crippen LogP contribution in [0.3, 0.4) is 0 Å². The molecule has 0 bridgehead atoms. The summed E-state index contributed by atoms with van der Waals surface area (Å²) in [7, 11) is 1.15. The lowest BCUT2D eigenvalue weighted by atomic mass is 9.90. The second-order valence-corrected chi connectivity index (χ2v) is 3.89. The highest BCUT2D eigenvalue weighted by atomic mass is 32.2. The van der Waals surface area contributed by atoms with Gasteiger partial charge in [-0.15, -0.1) is 0 Å². The molecule has 0 saturated carbocycles. The Labute approximate surface area is 86.0 Å². The van der Waals surface area contributed by atoms with E-state index in [1.54, 1.807) is 0 Å². The smallest absolute Gasteiger partial charge is 0.209 e. The van der Waals surface area contributed by atoms with Crippen molar-refractivity contribution in [2.75, 3.05) is 13.2 Å². The highest BCUT2D eigenvalue weighted by molar-refractivity contribution is 8.15. The Balaban J connectivity index is 2.33. The number of ether oxygens (including phenoxy) is 1. The summed E-state index contributed by atoms with van der Waals surface area (Å²) in [6.45, 7) is 4.67. The molecule has 5 heteroatoms. The number of aliphatic hydroxyl groups excluding tert-OH is 1. The largest absolute Gasteiger partial charge is 0.396 e. The molecule has 0 spiro atoms. The Hall–Kier alpha value is 0.295. The number of hydrogen-bond acceptors (Lipinski definition) is 4. The van der Waals surface area contributed by atoms with Crippen molar-refractivity contribution in [1.82, 2.24) is 0 Å². The maximum atomic E-state index is 9.13. The van der Waals surface area contributed by atoms with E-state index in [0.717, 1.165) is 19.0 Å². The fourth-order valence-electron chi connectivity index (χ4n) is 1.82. The van der Waals surface area contributed by atoms with Crippen molar-refractivity contribution in [2.45, 2.75) is 26.1 Å². The predicted octanol–water partition coefficient (Wildman–Crippen LogP) is 0.499. The zero-order valence-corrected chi connectivity index (χ0v) is 8.79. The van der Waals surface area contributed by atoms with Crippen LogP contribution in [0.15, 0.2) is 0 Å². The summed E-state index contributed by atoms with van der Waals surface area (Å²) in [5.74, 6) is 0.509. The molecule has 1 heterocycles. The van der Waals surface area contributed by atoms with E-state index in [4.69, 9.17) is 15.4 Å². The van der Waals surface area contributed by atoms with Crippen LogP contribution in [-0.2, 0) is 8.92 Å². The number of rotatable bonds is 5. The summed E-state index contributed by atoms with van der Waals surface area (Å²) in [5, 5.41) is 9.13. The lowest BCUT2D eigenvalue weighted by molar-refractivity contribution is 0.0144. The van der Waals surface area contributed by atoms with Crippen molar-refractivity contribution in [3.05, 3.63) is 0 Å². The molecule has 1 unspecified atom stereocenters. The van der Waals surface area contributed by atoms with Crippen LogP contribution in [0, 0.1) is 11.8 Å². The number of hydrogen-bond donors (Lipinski definition) is 1. The van der Waals surface area contributed by atoms with Gasteiger partial charge in [0.2, 0.25) is 7.09 Å². The van der Waals surface area contributed by atoms with Crippen LogP contribution in [0.1, 0.15) is 13.8 Å². The van der Waals surface area contributed by atoms with Crippen molar-refractivity contribution in [3.8, 4) is 0 Å². The van der Waals surface area contributed by atoms with E-state index in [2.05, 4.69) is 6.92 Å². The summed E-state index contributed by atoms with van der Waals surface area (Å²) in [5.41, 5.74) is 0. The third kappa shape index (κ3) is 2.62. The molecule has 0 aliphatic carbocycles. The van der Waals surface area contributed by atoms with Gasteiger partial charge in [-0.1, -0.05) is 18.8 Å². The monoisotopic (exact) mass is 205 g/mol. The SMILES string of the molecule is [3H][B]SOC[C@H]1O[C@@H](C)C(CO)[C@H]1C. The minimum absolute atomic E-state index is 0.0367. The maximum absolute atomic E-state index is 9.13. The van der Waals surface area contributed by atoms with Crippen LogP contribution in [-0.4, -0.2) is 39.0 Å². The van der Waals surface area contributed by atoms with Crippen LogP contribution in [0.25, 0.3) is 0 Å². The lowest BCUT2D eigenvalue weighted by Crippen LogP contribution is -2.23. The highest BCUT2D eigenvalue weighted by Gasteiger charge is 2.38. The average Bonchev–Trinajstić information content (AvgIpc) is 2.42. The second-order valence-electron chi connectivity index (χ2n) is 3.47. The molecule has 1 fully saturated rings. The van der Waals surface area contributed by atoms with E-state index in [1.807, 2.05) is 6.92 Å². The van der Waals surface area contributed by atoms with Crippen molar-refractivity contribution in [2.24, 2.45) is 11.8 Å². The first kappa shape index (κ1) is 9.83. The van der Waals surface area contributed by atoms with E-state index in [9.17, 15) is 0 Å². The average molecular weight is 205 g/mol. The van der Waals surface area contributed by atoms with Gasteiger partial charge in [-0.3, -0.25) is 0 Å². The van der Waals surface area contributed by atoms with Gasteiger partial charge in [0.1, 0.15) is 0 Å². The first-order valence-electron chi connectivity index (χ1n) is 5.03.